The minimum Gasteiger partial charge on any atom is -0.289 e. The number of carbonyl (C=O) groups is 1. The van der Waals surface area contributed by atoms with E-state index in [9.17, 15) is 14.9 Å². The number of carbonyl (C=O) groups excluding carboxylic acids is 1. The van der Waals surface area contributed by atoms with Crippen molar-refractivity contribution in [3.05, 3.63) is 93.6 Å². The third kappa shape index (κ3) is 3.99. The summed E-state index contributed by atoms with van der Waals surface area (Å²) in [4.78, 5) is 22.4. The van der Waals surface area contributed by atoms with Crippen LogP contribution in [0.2, 0.25) is 0 Å². The molecule has 22 heavy (non-hydrogen) atoms. The van der Waals surface area contributed by atoms with Crippen LogP contribution in [0.5, 0.6) is 0 Å². The van der Waals surface area contributed by atoms with Crippen LogP contribution in [0.4, 0.5) is 5.69 Å². The Morgan fingerprint density at radius 1 is 1.05 bits per heavy atom. The van der Waals surface area contributed by atoms with Gasteiger partial charge >= 0.3 is 0 Å². The van der Waals surface area contributed by atoms with Crippen molar-refractivity contribution in [2.45, 2.75) is 6.92 Å². The Labute approximate surface area is 128 Å². The molecule has 4 heteroatoms. The number of allylic oxidation sites excluding steroid dienone is 3. The van der Waals surface area contributed by atoms with E-state index in [2.05, 4.69) is 0 Å². The molecule has 0 radical (unpaired) electrons. The maximum Gasteiger partial charge on any atom is 0.276 e. The Hall–Kier alpha value is -3.01. The molecule has 0 fully saturated rings. The zero-order valence-electron chi connectivity index (χ0n) is 12.1. The summed E-state index contributed by atoms with van der Waals surface area (Å²) in [6.45, 7) is 1.96. The van der Waals surface area contributed by atoms with Gasteiger partial charge in [-0.1, -0.05) is 54.1 Å². The van der Waals surface area contributed by atoms with Gasteiger partial charge in [-0.2, -0.15) is 0 Å². The molecule has 0 atom stereocenters. The van der Waals surface area contributed by atoms with E-state index in [1.807, 2.05) is 19.1 Å². The van der Waals surface area contributed by atoms with Crippen LogP contribution in [0.1, 0.15) is 21.5 Å². The number of rotatable bonds is 5. The van der Waals surface area contributed by atoms with Crippen LogP contribution >= 0.6 is 0 Å². The summed E-state index contributed by atoms with van der Waals surface area (Å²) < 4.78 is 0. The summed E-state index contributed by atoms with van der Waals surface area (Å²) in [6.07, 6.45) is 6.25. The van der Waals surface area contributed by atoms with Crippen molar-refractivity contribution < 1.29 is 9.72 Å². The number of hydrogen-bond donors (Lipinski definition) is 0. The monoisotopic (exact) mass is 293 g/mol. The first-order valence-electron chi connectivity index (χ1n) is 6.77. The van der Waals surface area contributed by atoms with E-state index in [1.54, 1.807) is 48.6 Å². The number of benzene rings is 2. The van der Waals surface area contributed by atoms with Gasteiger partial charge in [-0.05, 0) is 25.1 Å². The van der Waals surface area contributed by atoms with Gasteiger partial charge < -0.3 is 0 Å². The number of para-hydroxylation sites is 1. The fraction of sp³-hybridized carbons (Fsp3) is 0.0556. The van der Waals surface area contributed by atoms with Crippen LogP contribution < -0.4 is 0 Å². The van der Waals surface area contributed by atoms with Crippen LogP contribution in [-0.4, -0.2) is 10.7 Å². The topological polar surface area (TPSA) is 60.2 Å². The summed E-state index contributed by atoms with van der Waals surface area (Å²) in [6, 6.07) is 13.8. The number of nitrogens with zero attached hydrogens (tertiary/aromatic N) is 1. The molecule has 0 aliphatic rings. The highest BCUT2D eigenvalue weighted by atomic mass is 16.6. The molecule has 0 saturated carbocycles. The predicted octanol–water partition coefficient (Wildman–Crippen LogP) is 4.36. The van der Waals surface area contributed by atoms with Crippen LogP contribution in [0.15, 0.2) is 66.8 Å². The normalized spacial score (nSPS) is 11.1. The van der Waals surface area contributed by atoms with Crippen LogP contribution in [0.3, 0.4) is 0 Å². The van der Waals surface area contributed by atoms with E-state index in [4.69, 9.17) is 0 Å². The summed E-state index contributed by atoms with van der Waals surface area (Å²) in [5, 5.41) is 10.9. The first kappa shape index (κ1) is 15.4. The van der Waals surface area contributed by atoms with E-state index >= 15 is 0 Å². The van der Waals surface area contributed by atoms with Gasteiger partial charge in [0.2, 0.25) is 0 Å². The molecule has 0 spiro atoms. The average molecular weight is 293 g/mol. The lowest BCUT2D eigenvalue weighted by atomic mass is 10.1. The van der Waals surface area contributed by atoms with Crippen LogP contribution in [0, 0.1) is 17.0 Å². The number of nitro groups is 1. The molecule has 4 nitrogen and oxygen atoms in total. The molecule has 0 saturated heterocycles. The van der Waals surface area contributed by atoms with E-state index in [0.29, 0.717) is 11.1 Å². The minimum absolute atomic E-state index is 0.0389. The quantitative estimate of drug-likeness (QED) is 0.270. The Balaban J connectivity index is 2.07. The number of nitro benzene ring substituents is 1. The van der Waals surface area contributed by atoms with E-state index in [0.717, 1.165) is 5.56 Å². The molecule has 110 valence electrons. The zero-order chi connectivity index (χ0) is 15.9. The molecular weight excluding hydrogens is 278 g/mol. The molecular formula is C18H15NO3. The molecule has 0 aliphatic carbocycles. The maximum absolute atomic E-state index is 11.9. The molecule has 0 unspecified atom stereocenters. The zero-order valence-corrected chi connectivity index (χ0v) is 12.1. The highest BCUT2D eigenvalue weighted by molar-refractivity contribution is 6.04. The van der Waals surface area contributed by atoms with Gasteiger partial charge in [0.05, 0.1) is 10.5 Å². The van der Waals surface area contributed by atoms with Crippen molar-refractivity contribution >= 4 is 17.5 Å². The van der Waals surface area contributed by atoms with Gasteiger partial charge in [-0.25, -0.2) is 0 Å². The molecule has 0 aromatic heterocycles. The van der Waals surface area contributed by atoms with Gasteiger partial charge in [0, 0.05) is 11.6 Å². The molecule has 0 heterocycles. The molecule has 2 aromatic carbocycles. The smallest absolute Gasteiger partial charge is 0.276 e. The number of aryl methyl sites for hydroxylation is 1. The highest BCUT2D eigenvalue weighted by Crippen LogP contribution is 2.18. The first-order chi connectivity index (χ1) is 10.6. The highest BCUT2D eigenvalue weighted by Gasteiger charge is 2.08. The molecule has 0 aliphatic heterocycles. The Kier molecular flexibility index (Phi) is 4.98. The van der Waals surface area contributed by atoms with Gasteiger partial charge in [-0.3, -0.25) is 14.9 Å². The summed E-state index contributed by atoms with van der Waals surface area (Å²) >= 11 is 0. The third-order valence-electron chi connectivity index (χ3n) is 3.10. The van der Waals surface area contributed by atoms with Crippen molar-refractivity contribution in [2.24, 2.45) is 0 Å². The maximum atomic E-state index is 11.9. The average Bonchev–Trinajstić information content (AvgIpc) is 2.52. The summed E-state index contributed by atoms with van der Waals surface area (Å²) in [7, 11) is 0. The standard InChI is InChI=1S/C18H15NO3/c1-14-10-12-16(13-11-14)18(20)9-5-3-7-15-6-2-4-8-17(15)19(21)22/h2-13H,1H3/b7-3+,9-5+. The van der Waals surface area contributed by atoms with Gasteiger partial charge in [0.25, 0.3) is 5.69 Å². The lowest BCUT2D eigenvalue weighted by Gasteiger charge is -1.96. The fourth-order valence-corrected chi connectivity index (χ4v) is 1.91. The van der Waals surface area contributed by atoms with Crippen molar-refractivity contribution in [1.29, 1.82) is 0 Å². The second-order valence-electron chi connectivity index (χ2n) is 4.76. The SMILES string of the molecule is Cc1ccc(C(=O)/C=C/C=C/c2ccccc2[N+](=O)[O-])cc1. The molecule has 2 rings (SSSR count). The fourth-order valence-electron chi connectivity index (χ4n) is 1.91. The van der Waals surface area contributed by atoms with Crippen LogP contribution in [-0.2, 0) is 0 Å². The first-order valence-corrected chi connectivity index (χ1v) is 6.77. The summed E-state index contributed by atoms with van der Waals surface area (Å²) in [5.41, 5.74) is 2.25. The van der Waals surface area contributed by atoms with Gasteiger partial charge in [0.15, 0.2) is 5.78 Å². The molecule has 0 bridgehead atoms. The van der Waals surface area contributed by atoms with Gasteiger partial charge in [0.1, 0.15) is 0 Å². The Morgan fingerprint density at radius 3 is 2.41 bits per heavy atom. The van der Waals surface area contributed by atoms with Crippen molar-refractivity contribution in [2.75, 3.05) is 0 Å². The second-order valence-corrected chi connectivity index (χ2v) is 4.76. The van der Waals surface area contributed by atoms with Crippen molar-refractivity contribution in [3.8, 4) is 0 Å². The molecule has 0 amide bonds. The van der Waals surface area contributed by atoms with Crippen molar-refractivity contribution in [1.82, 2.24) is 0 Å². The lowest BCUT2D eigenvalue weighted by molar-refractivity contribution is -0.385. The lowest BCUT2D eigenvalue weighted by Crippen LogP contribution is -1.93. The second kappa shape index (κ2) is 7.13. The number of ketones is 1. The van der Waals surface area contributed by atoms with Crippen LogP contribution in [0.25, 0.3) is 6.08 Å². The van der Waals surface area contributed by atoms with Gasteiger partial charge in [-0.15, -0.1) is 0 Å². The Bertz CT molecular complexity index is 743. The van der Waals surface area contributed by atoms with E-state index in [-0.39, 0.29) is 11.5 Å². The number of hydrogen-bond acceptors (Lipinski definition) is 3. The van der Waals surface area contributed by atoms with E-state index < -0.39 is 4.92 Å². The minimum atomic E-state index is -0.430. The largest absolute Gasteiger partial charge is 0.289 e. The molecule has 2 aromatic rings. The molecule has 0 N–H and O–H groups in total. The summed E-state index contributed by atoms with van der Waals surface area (Å²) in [5.74, 6) is -0.104. The van der Waals surface area contributed by atoms with E-state index in [1.165, 1.54) is 12.1 Å². The third-order valence-corrected chi connectivity index (χ3v) is 3.10. The Morgan fingerprint density at radius 2 is 1.73 bits per heavy atom. The van der Waals surface area contributed by atoms with Crippen molar-refractivity contribution in [3.63, 3.8) is 0 Å². The predicted molar refractivity (Wildman–Crippen MR) is 86.8 cm³/mol.